The Kier molecular flexibility index (Phi) is 7.14. The Morgan fingerprint density at radius 3 is 2.44 bits per heavy atom. The van der Waals surface area contributed by atoms with Gasteiger partial charge in [0.1, 0.15) is 5.75 Å². The van der Waals surface area contributed by atoms with Crippen molar-refractivity contribution in [3.63, 3.8) is 0 Å². The number of benzene rings is 3. The lowest BCUT2D eigenvalue weighted by Crippen LogP contribution is -2.37. The number of anilines is 2. The highest BCUT2D eigenvalue weighted by atomic mass is 32.2. The highest BCUT2D eigenvalue weighted by molar-refractivity contribution is 7.92. The van der Waals surface area contributed by atoms with Gasteiger partial charge in [-0.05, 0) is 78.7 Å². The molecule has 1 amide bonds. The Bertz CT molecular complexity index is 1290. The van der Waals surface area contributed by atoms with E-state index in [4.69, 9.17) is 17.0 Å². The Hall–Kier alpha value is -3.43. The van der Waals surface area contributed by atoms with Crippen LogP contribution >= 0.6 is 12.2 Å². The molecule has 4 rings (SSSR count). The van der Waals surface area contributed by atoms with Crippen LogP contribution in [0.3, 0.4) is 0 Å². The van der Waals surface area contributed by atoms with Gasteiger partial charge in [-0.2, -0.15) is 0 Å². The summed E-state index contributed by atoms with van der Waals surface area (Å²) >= 11 is 5.19. The van der Waals surface area contributed by atoms with E-state index in [-0.39, 0.29) is 16.6 Å². The maximum Gasteiger partial charge on any atom is 0.264 e. The van der Waals surface area contributed by atoms with Crippen LogP contribution in [-0.4, -0.2) is 32.6 Å². The van der Waals surface area contributed by atoms with Crippen molar-refractivity contribution < 1.29 is 17.9 Å². The minimum atomic E-state index is -3.67. The monoisotopic (exact) mass is 495 g/mol. The second kappa shape index (κ2) is 10.2. The molecule has 0 bridgehead atoms. The van der Waals surface area contributed by atoms with Gasteiger partial charge in [-0.15, -0.1) is 0 Å². The molecule has 0 saturated heterocycles. The molecule has 0 radical (unpaired) electrons. The van der Waals surface area contributed by atoms with E-state index in [9.17, 15) is 13.2 Å². The number of amides is 1. The summed E-state index contributed by atoms with van der Waals surface area (Å²) in [6.07, 6.45) is 1.62. The number of hydrogen-bond acceptors (Lipinski definition) is 5. The first-order valence-corrected chi connectivity index (χ1v) is 12.7. The summed E-state index contributed by atoms with van der Waals surface area (Å²) in [4.78, 5) is 12.3. The summed E-state index contributed by atoms with van der Waals surface area (Å²) in [5.74, 6) is 0.201. The van der Waals surface area contributed by atoms with Crippen LogP contribution in [0, 0.1) is 0 Å². The number of rotatable bonds is 7. The topological polar surface area (TPSA) is 87.7 Å². The molecular formula is C25H25N3O4S2. The number of para-hydroxylation sites is 1. The van der Waals surface area contributed by atoms with E-state index < -0.39 is 15.9 Å². The van der Waals surface area contributed by atoms with E-state index in [0.717, 1.165) is 17.7 Å². The maximum atomic E-state index is 13.1. The summed E-state index contributed by atoms with van der Waals surface area (Å²) in [5, 5.41) is 5.53. The lowest BCUT2D eigenvalue weighted by Gasteiger charge is -2.19. The fourth-order valence-corrected chi connectivity index (χ4v) is 5.43. The molecule has 0 unspecified atom stereocenters. The second-order valence-corrected chi connectivity index (χ2v) is 10.0. The zero-order valence-corrected chi connectivity index (χ0v) is 20.3. The van der Waals surface area contributed by atoms with Crippen LogP contribution < -0.4 is 19.7 Å². The predicted octanol–water partition coefficient (Wildman–Crippen LogP) is 3.89. The Balaban J connectivity index is 1.31. The van der Waals surface area contributed by atoms with Gasteiger partial charge < -0.3 is 10.1 Å². The molecule has 3 aromatic rings. The normalized spacial score (nSPS) is 12.7. The molecule has 0 saturated carbocycles. The van der Waals surface area contributed by atoms with Crippen LogP contribution in [0.2, 0.25) is 0 Å². The number of ether oxygens (including phenoxy) is 1. The third-order valence-electron chi connectivity index (χ3n) is 5.50. The third-order valence-corrected chi connectivity index (χ3v) is 7.53. The summed E-state index contributed by atoms with van der Waals surface area (Å²) < 4.78 is 33.1. The van der Waals surface area contributed by atoms with Gasteiger partial charge in [0.25, 0.3) is 15.9 Å². The zero-order valence-electron chi connectivity index (χ0n) is 18.7. The molecule has 7 nitrogen and oxygen atoms in total. The first kappa shape index (κ1) is 23.7. The molecule has 2 N–H and O–H groups in total. The number of thiocarbonyl (C=S) groups is 1. The third kappa shape index (κ3) is 5.37. The summed E-state index contributed by atoms with van der Waals surface area (Å²) in [5.41, 5.74) is 3.48. The van der Waals surface area contributed by atoms with Crippen LogP contribution in [-0.2, 0) is 27.7 Å². The van der Waals surface area contributed by atoms with Gasteiger partial charge in [0.15, 0.2) is 11.7 Å². The molecule has 9 heteroatoms. The SMILES string of the molecule is CCc1ccc(OCC(=O)NC(=S)Nc2ccc(S(=O)(=O)N3CCc4ccccc43)cc2)cc1. The fourth-order valence-electron chi connectivity index (χ4n) is 3.69. The zero-order chi connectivity index (χ0) is 24.1. The standard InChI is InChI=1S/C25H25N3O4S2/c1-2-18-7-11-21(12-8-18)32-17-24(29)27-25(33)26-20-9-13-22(14-10-20)34(30,31)28-16-15-19-5-3-4-6-23(19)28/h3-14H,2,15-17H2,1H3,(H2,26,27,29,33). The molecule has 1 heterocycles. The van der Waals surface area contributed by atoms with Crippen LogP contribution in [0.1, 0.15) is 18.1 Å². The van der Waals surface area contributed by atoms with E-state index in [2.05, 4.69) is 17.6 Å². The minimum absolute atomic E-state index is 0.0963. The molecule has 0 atom stereocenters. The maximum absolute atomic E-state index is 13.1. The van der Waals surface area contributed by atoms with Crippen molar-refractivity contribution in [3.05, 3.63) is 83.9 Å². The number of sulfonamides is 1. The number of nitrogens with one attached hydrogen (secondary N) is 2. The van der Waals surface area contributed by atoms with Crippen LogP contribution in [0.4, 0.5) is 11.4 Å². The smallest absolute Gasteiger partial charge is 0.264 e. The van der Waals surface area contributed by atoms with E-state index in [1.165, 1.54) is 22.0 Å². The van der Waals surface area contributed by atoms with Crippen LogP contribution in [0.5, 0.6) is 5.75 Å². The number of hydrogen-bond donors (Lipinski definition) is 2. The lowest BCUT2D eigenvalue weighted by atomic mass is 10.2. The highest BCUT2D eigenvalue weighted by Gasteiger charge is 2.30. The van der Waals surface area contributed by atoms with Gasteiger partial charge in [0.2, 0.25) is 0 Å². The van der Waals surface area contributed by atoms with E-state index in [0.29, 0.717) is 24.4 Å². The van der Waals surface area contributed by atoms with Crippen molar-refractivity contribution in [1.29, 1.82) is 0 Å². The molecular weight excluding hydrogens is 470 g/mol. The highest BCUT2D eigenvalue weighted by Crippen LogP contribution is 2.32. The number of aryl methyl sites for hydroxylation is 1. The number of fused-ring (bicyclic) bond motifs is 1. The number of carbonyl (C=O) groups excluding carboxylic acids is 1. The molecule has 1 aliphatic heterocycles. The van der Waals surface area contributed by atoms with Gasteiger partial charge in [-0.3, -0.25) is 14.4 Å². The lowest BCUT2D eigenvalue weighted by molar-refractivity contribution is -0.121. The summed E-state index contributed by atoms with van der Waals surface area (Å²) in [6.45, 7) is 2.31. The van der Waals surface area contributed by atoms with E-state index in [1.54, 1.807) is 12.1 Å². The van der Waals surface area contributed by atoms with Crippen LogP contribution in [0.15, 0.2) is 77.7 Å². The number of carbonyl (C=O) groups is 1. The minimum Gasteiger partial charge on any atom is -0.484 e. The quantitative estimate of drug-likeness (QED) is 0.484. The average molecular weight is 496 g/mol. The molecule has 3 aromatic carbocycles. The molecule has 0 fully saturated rings. The average Bonchev–Trinajstić information content (AvgIpc) is 3.28. The van der Waals surface area contributed by atoms with Gasteiger partial charge in [-0.1, -0.05) is 37.3 Å². The van der Waals surface area contributed by atoms with E-state index in [1.807, 2.05) is 48.5 Å². The molecule has 176 valence electrons. The van der Waals surface area contributed by atoms with Gasteiger partial charge in [0.05, 0.1) is 10.6 Å². The first-order chi connectivity index (χ1) is 16.4. The van der Waals surface area contributed by atoms with Crippen molar-refractivity contribution in [2.75, 3.05) is 22.8 Å². The first-order valence-electron chi connectivity index (χ1n) is 10.9. The van der Waals surface area contributed by atoms with Crippen molar-refractivity contribution in [2.45, 2.75) is 24.7 Å². The van der Waals surface area contributed by atoms with Crippen molar-refractivity contribution in [2.24, 2.45) is 0 Å². The largest absolute Gasteiger partial charge is 0.484 e. The van der Waals surface area contributed by atoms with Crippen molar-refractivity contribution in [3.8, 4) is 5.75 Å². The molecule has 0 spiro atoms. The summed E-state index contributed by atoms with van der Waals surface area (Å²) in [7, 11) is -3.67. The second-order valence-electron chi connectivity index (χ2n) is 7.77. The Morgan fingerprint density at radius 2 is 1.74 bits per heavy atom. The van der Waals surface area contributed by atoms with E-state index >= 15 is 0 Å². The predicted molar refractivity (Wildman–Crippen MR) is 137 cm³/mol. The Labute approximate surface area is 204 Å². The molecule has 34 heavy (non-hydrogen) atoms. The number of nitrogens with zero attached hydrogens (tertiary/aromatic N) is 1. The van der Waals surface area contributed by atoms with Crippen LogP contribution in [0.25, 0.3) is 0 Å². The Morgan fingerprint density at radius 1 is 1.03 bits per heavy atom. The van der Waals surface area contributed by atoms with Gasteiger partial charge in [-0.25, -0.2) is 8.42 Å². The molecule has 0 aromatic heterocycles. The van der Waals surface area contributed by atoms with Gasteiger partial charge >= 0.3 is 0 Å². The van der Waals surface area contributed by atoms with Crippen molar-refractivity contribution in [1.82, 2.24) is 5.32 Å². The molecule has 1 aliphatic rings. The fraction of sp³-hybridized carbons (Fsp3) is 0.200. The summed E-state index contributed by atoms with van der Waals surface area (Å²) in [6, 6.07) is 21.3. The van der Waals surface area contributed by atoms with Crippen molar-refractivity contribution >= 4 is 44.6 Å². The molecule has 0 aliphatic carbocycles. The van der Waals surface area contributed by atoms with Gasteiger partial charge in [0, 0.05) is 12.2 Å².